The number of ether oxygens (including phenoxy) is 1. The third-order valence-electron chi connectivity index (χ3n) is 7.39. The van der Waals surface area contributed by atoms with Crippen LogP contribution < -0.4 is 15.4 Å². The van der Waals surface area contributed by atoms with E-state index in [1.54, 1.807) is 25.2 Å². The van der Waals surface area contributed by atoms with Crippen LogP contribution in [-0.2, 0) is 14.4 Å². The Labute approximate surface area is 194 Å². The van der Waals surface area contributed by atoms with Gasteiger partial charge in [0, 0.05) is 30.5 Å². The molecule has 0 aliphatic heterocycles. The maximum Gasteiger partial charge on any atom is 0.244 e. The second-order valence-corrected chi connectivity index (χ2v) is 10.3. The maximum atomic E-state index is 13.0. The predicted molar refractivity (Wildman–Crippen MR) is 123 cm³/mol. The Morgan fingerprint density at radius 1 is 1.12 bits per heavy atom. The summed E-state index contributed by atoms with van der Waals surface area (Å²) < 4.78 is 5.22. The largest absolute Gasteiger partial charge is 0.495 e. The van der Waals surface area contributed by atoms with Gasteiger partial charge in [-0.15, -0.1) is 0 Å². The molecule has 0 heterocycles. The summed E-state index contributed by atoms with van der Waals surface area (Å²) in [5.41, 5.74) is 0.244. The molecule has 0 saturated heterocycles. The standard InChI is InChI=1S/C24H32ClN3O4/c1-28(14-21(29)27-19-10-18(25)3-4-20(19)32-2)22(30)5-6-26-23(31)24-11-15-7-16(12-24)9-17(8-15)13-24/h3-4,10,15-17H,5-9,11-14H2,1-2H3,(H,26,31)(H,27,29). The van der Waals surface area contributed by atoms with Crippen LogP contribution in [0.2, 0.25) is 5.02 Å². The number of likely N-dealkylation sites (N-methyl/N-ethyl adjacent to an activating group) is 1. The smallest absolute Gasteiger partial charge is 0.244 e. The molecule has 0 aromatic heterocycles. The van der Waals surface area contributed by atoms with Crippen LogP contribution in [-0.4, -0.2) is 49.9 Å². The summed E-state index contributed by atoms with van der Waals surface area (Å²) in [7, 11) is 3.09. The second-order valence-electron chi connectivity index (χ2n) is 9.85. The first kappa shape index (κ1) is 22.9. The van der Waals surface area contributed by atoms with E-state index in [2.05, 4.69) is 10.6 Å². The lowest BCUT2D eigenvalue weighted by Gasteiger charge is -2.55. The molecule has 32 heavy (non-hydrogen) atoms. The summed E-state index contributed by atoms with van der Waals surface area (Å²) >= 11 is 5.99. The van der Waals surface area contributed by atoms with E-state index in [9.17, 15) is 14.4 Å². The SMILES string of the molecule is COc1ccc(Cl)cc1NC(=O)CN(C)C(=O)CCNC(=O)C12CC3CC(CC(C3)C1)C2. The molecular formula is C24H32ClN3O4. The highest BCUT2D eigenvalue weighted by atomic mass is 35.5. The average Bonchev–Trinajstić information content (AvgIpc) is 2.72. The van der Waals surface area contributed by atoms with Crippen LogP contribution >= 0.6 is 11.6 Å². The molecule has 4 fully saturated rings. The molecule has 5 rings (SSSR count). The first-order chi connectivity index (χ1) is 15.3. The second kappa shape index (κ2) is 9.30. The van der Waals surface area contributed by atoms with Gasteiger partial charge >= 0.3 is 0 Å². The molecular weight excluding hydrogens is 430 g/mol. The number of halogens is 1. The van der Waals surface area contributed by atoms with E-state index >= 15 is 0 Å². The number of nitrogens with one attached hydrogen (secondary N) is 2. The first-order valence-corrected chi connectivity index (χ1v) is 11.8. The molecule has 4 aliphatic rings. The average molecular weight is 462 g/mol. The van der Waals surface area contributed by atoms with Gasteiger partial charge in [-0.3, -0.25) is 14.4 Å². The van der Waals surface area contributed by atoms with Crippen LogP contribution in [0.25, 0.3) is 0 Å². The van der Waals surface area contributed by atoms with Crippen LogP contribution in [0.4, 0.5) is 5.69 Å². The molecule has 0 radical (unpaired) electrons. The van der Waals surface area contributed by atoms with Gasteiger partial charge in [-0.1, -0.05) is 11.6 Å². The van der Waals surface area contributed by atoms with E-state index in [4.69, 9.17) is 16.3 Å². The van der Waals surface area contributed by atoms with Crippen molar-refractivity contribution in [2.75, 3.05) is 32.6 Å². The number of methoxy groups -OCH3 is 1. The van der Waals surface area contributed by atoms with E-state index in [0.717, 1.165) is 19.3 Å². The van der Waals surface area contributed by atoms with Crippen molar-refractivity contribution in [1.82, 2.24) is 10.2 Å². The van der Waals surface area contributed by atoms with Crippen molar-refractivity contribution in [2.24, 2.45) is 23.2 Å². The molecule has 0 unspecified atom stereocenters. The topological polar surface area (TPSA) is 87.7 Å². The Kier molecular flexibility index (Phi) is 6.65. The van der Waals surface area contributed by atoms with Gasteiger partial charge in [0.15, 0.2) is 0 Å². The minimum atomic E-state index is -0.348. The Bertz CT molecular complexity index is 868. The first-order valence-electron chi connectivity index (χ1n) is 11.4. The number of rotatable bonds is 8. The zero-order valence-electron chi connectivity index (χ0n) is 18.8. The van der Waals surface area contributed by atoms with Crippen molar-refractivity contribution in [1.29, 1.82) is 0 Å². The fraction of sp³-hybridized carbons (Fsp3) is 0.625. The maximum absolute atomic E-state index is 13.0. The van der Waals surface area contributed by atoms with Gasteiger partial charge in [0.05, 0.1) is 19.3 Å². The molecule has 4 bridgehead atoms. The highest BCUT2D eigenvalue weighted by Gasteiger charge is 2.54. The number of carbonyl (C=O) groups excluding carboxylic acids is 3. The molecule has 4 saturated carbocycles. The number of benzene rings is 1. The van der Waals surface area contributed by atoms with E-state index in [0.29, 0.717) is 40.8 Å². The lowest BCUT2D eigenvalue weighted by atomic mass is 9.49. The van der Waals surface area contributed by atoms with Crippen molar-refractivity contribution in [3.8, 4) is 5.75 Å². The van der Waals surface area contributed by atoms with Gasteiger partial charge in [0.1, 0.15) is 5.75 Å². The van der Waals surface area contributed by atoms with Gasteiger partial charge in [0.2, 0.25) is 17.7 Å². The molecule has 0 spiro atoms. The zero-order valence-corrected chi connectivity index (χ0v) is 19.5. The number of amides is 3. The summed E-state index contributed by atoms with van der Waals surface area (Å²) in [6, 6.07) is 4.93. The van der Waals surface area contributed by atoms with Crippen LogP contribution in [0.5, 0.6) is 5.75 Å². The van der Waals surface area contributed by atoms with Crippen LogP contribution in [0, 0.1) is 23.2 Å². The van der Waals surface area contributed by atoms with Gasteiger partial charge in [-0.25, -0.2) is 0 Å². The van der Waals surface area contributed by atoms with Gasteiger partial charge in [-0.05, 0) is 74.5 Å². The predicted octanol–water partition coefficient (Wildman–Crippen LogP) is 3.47. The number of hydrogen-bond donors (Lipinski definition) is 2. The van der Waals surface area contributed by atoms with E-state index in [1.165, 1.54) is 31.3 Å². The number of carbonyl (C=O) groups is 3. The summed E-state index contributed by atoms with van der Waals surface area (Å²) in [6.45, 7) is 0.199. The van der Waals surface area contributed by atoms with Crippen molar-refractivity contribution in [2.45, 2.75) is 44.9 Å². The van der Waals surface area contributed by atoms with Crippen molar-refractivity contribution in [3.63, 3.8) is 0 Å². The molecule has 7 nitrogen and oxygen atoms in total. The normalized spacial score (nSPS) is 27.7. The van der Waals surface area contributed by atoms with Crippen molar-refractivity contribution < 1.29 is 19.1 Å². The molecule has 3 amide bonds. The fourth-order valence-electron chi connectivity index (χ4n) is 6.32. The summed E-state index contributed by atoms with van der Waals surface area (Å²) in [4.78, 5) is 39.2. The highest BCUT2D eigenvalue weighted by molar-refractivity contribution is 6.31. The highest BCUT2D eigenvalue weighted by Crippen LogP contribution is 2.60. The number of hydrogen-bond acceptors (Lipinski definition) is 4. The minimum absolute atomic E-state index is 0.0998. The lowest BCUT2D eigenvalue weighted by Crippen LogP contribution is -2.53. The summed E-state index contributed by atoms with van der Waals surface area (Å²) in [6.07, 6.45) is 7.06. The van der Waals surface area contributed by atoms with Crippen LogP contribution in [0.3, 0.4) is 0 Å². The molecule has 4 aliphatic carbocycles. The monoisotopic (exact) mass is 461 g/mol. The lowest BCUT2D eigenvalue weighted by molar-refractivity contribution is -0.146. The van der Waals surface area contributed by atoms with E-state index in [-0.39, 0.29) is 36.1 Å². The van der Waals surface area contributed by atoms with Gasteiger partial charge in [-0.2, -0.15) is 0 Å². The Morgan fingerprint density at radius 2 is 1.75 bits per heavy atom. The van der Waals surface area contributed by atoms with Gasteiger partial charge in [0.25, 0.3) is 0 Å². The van der Waals surface area contributed by atoms with Crippen molar-refractivity contribution in [3.05, 3.63) is 23.2 Å². The number of nitrogens with zero attached hydrogens (tertiary/aromatic N) is 1. The zero-order chi connectivity index (χ0) is 22.9. The minimum Gasteiger partial charge on any atom is -0.495 e. The third kappa shape index (κ3) is 4.87. The van der Waals surface area contributed by atoms with Crippen LogP contribution in [0.15, 0.2) is 18.2 Å². The van der Waals surface area contributed by atoms with E-state index < -0.39 is 0 Å². The third-order valence-corrected chi connectivity index (χ3v) is 7.62. The Hall–Kier alpha value is -2.28. The number of anilines is 1. The van der Waals surface area contributed by atoms with Crippen LogP contribution in [0.1, 0.15) is 44.9 Å². The fourth-order valence-corrected chi connectivity index (χ4v) is 6.49. The molecule has 2 N–H and O–H groups in total. The quantitative estimate of drug-likeness (QED) is 0.620. The van der Waals surface area contributed by atoms with E-state index in [1.807, 2.05) is 0 Å². The summed E-state index contributed by atoms with van der Waals surface area (Å²) in [5.74, 6) is 2.19. The Balaban J connectivity index is 1.23. The summed E-state index contributed by atoms with van der Waals surface area (Å²) in [5, 5.41) is 6.22. The van der Waals surface area contributed by atoms with Crippen molar-refractivity contribution >= 4 is 35.0 Å². The Morgan fingerprint density at radius 3 is 2.34 bits per heavy atom. The molecule has 1 aromatic rings. The van der Waals surface area contributed by atoms with Gasteiger partial charge < -0.3 is 20.3 Å². The molecule has 8 heteroatoms. The molecule has 0 atom stereocenters. The molecule has 1 aromatic carbocycles. The molecule has 174 valence electrons.